The average Bonchev–Trinajstić information content (AvgIpc) is 2.71. The van der Waals surface area contributed by atoms with Gasteiger partial charge in [-0.2, -0.15) is 0 Å². The first-order chi connectivity index (χ1) is 13.6. The molecule has 0 amide bonds. The van der Waals surface area contributed by atoms with Crippen molar-refractivity contribution in [2.75, 3.05) is 5.73 Å². The second-order valence-electron chi connectivity index (χ2n) is 5.90. The monoisotopic (exact) mass is 451 g/mol. The van der Waals surface area contributed by atoms with E-state index in [1.807, 2.05) is 30.3 Å². The fourth-order valence-corrected chi connectivity index (χ4v) is 3.84. The molecule has 0 aliphatic heterocycles. The van der Waals surface area contributed by atoms with Crippen LogP contribution in [0.1, 0.15) is 0 Å². The summed E-state index contributed by atoms with van der Waals surface area (Å²) >= 11 is 2.93. The topological polar surface area (TPSA) is 77.6 Å². The molecule has 5 nitrogen and oxygen atoms in total. The Hall–Kier alpha value is -2.76. The normalized spacial score (nSPS) is 10.8. The number of aromatic nitrogens is 4. The molecule has 0 aliphatic rings. The van der Waals surface area contributed by atoms with Crippen LogP contribution in [0.25, 0.3) is 22.4 Å². The third-order valence-electron chi connectivity index (χ3n) is 3.98. The van der Waals surface area contributed by atoms with Gasteiger partial charge in [0.1, 0.15) is 5.82 Å². The Kier molecular flexibility index (Phi) is 5.37. The molecule has 0 radical (unpaired) electrons. The molecule has 4 rings (SSSR count). The molecule has 2 N–H and O–H groups in total. The zero-order valence-electron chi connectivity index (χ0n) is 14.6. The Morgan fingerprint density at radius 3 is 2.43 bits per heavy atom. The zero-order chi connectivity index (χ0) is 19.5. The molecule has 0 aliphatic carbocycles. The molecule has 0 fully saturated rings. The van der Waals surface area contributed by atoms with Crippen molar-refractivity contribution < 1.29 is 4.39 Å². The van der Waals surface area contributed by atoms with Crippen LogP contribution in [0.4, 0.5) is 10.2 Å². The van der Waals surface area contributed by atoms with E-state index in [9.17, 15) is 4.39 Å². The SMILES string of the molecule is Nc1cnc(-c2ccc(-c3ccccc3Sc3cnc([AsH2])cn3)cc2F)cn1. The fraction of sp³-hybridized carbons (Fsp3) is 0. The summed E-state index contributed by atoms with van der Waals surface area (Å²) < 4.78 is 15.7. The number of nitrogen functional groups attached to an aromatic ring is 1. The smallest absolute Gasteiger partial charge is 0.0557 e. The van der Waals surface area contributed by atoms with Crippen molar-refractivity contribution in [1.82, 2.24) is 19.9 Å². The number of hydrogen-bond acceptors (Lipinski definition) is 6. The van der Waals surface area contributed by atoms with Crippen LogP contribution in [0.15, 0.2) is 77.2 Å². The van der Waals surface area contributed by atoms with Crippen molar-refractivity contribution in [1.29, 1.82) is 0 Å². The molecule has 4 aromatic rings. The number of hydrogen-bond donors (Lipinski definition) is 1. The van der Waals surface area contributed by atoms with Gasteiger partial charge in [-0.25, -0.2) is 4.98 Å². The molecule has 2 aromatic carbocycles. The van der Waals surface area contributed by atoms with Gasteiger partial charge in [-0.3, -0.25) is 4.98 Å². The fourth-order valence-electron chi connectivity index (χ4n) is 2.65. The van der Waals surface area contributed by atoms with E-state index in [-0.39, 0.29) is 5.82 Å². The second-order valence-corrected chi connectivity index (χ2v) is 8.20. The number of halogens is 1. The Balaban J connectivity index is 1.68. The average molecular weight is 451 g/mol. The number of nitrogens with zero attached hydrogens (tertiary/aromatic N) is 4. The van der Waals surface area contributed by atoms with E-state index < -0.39 is 0 Å². The standard InChI is InChI=1S/C20H15AsFN5S/c21-18-9-27-20(11-25-18)28-17-4-2-1-3-13(17)12-5-6-14(15(22)7-12)16-8-26-19(23)10-24-16/h1-11H,21H2,(H2,23,26). The first kappa shape index (κ1) is 18.6. The molecule has 0 saturated heterocycles. The van der Waals surface area contributed by atoms with Crippen molar-refractivity contribution in [3.05, 3.63) is 73.1 Å². The van der Waals surface area contributed by atoms with Crippen molar-refractivity contribution >= 4 is 38.9 Å². The van der Waals surface area contributed by atoms with Crippen LogP contribution in [0.2, 0.25) is 0 Å². The zero-order valence-corrected chi connectivity index (χ0v) is 17.8. The largest absolute Gasteiger partial charge is 0.236 e. The van der Waals surface area contributed by atoms with E-state index in [1.165, 1.54) is 47.1 Å². The number of benzene rings is 2. The summed E-state index contributed by atoms with van der Waals surface area (Å²) in [4.78, 5) is 17.8. The maximum atomic E-state index is 14.8. The molecular formula is C20H15AsFN5S. The molecule has 0 bridgehead atoms. The predicted molar refractivity (Wildman–Crippen MR) is 112 cm³/mol. The van der Waals surface area contributed by atoms with Gasteiger partial charge in [0.05, 0.1) is 12.4 Å². The van der Waals surface area contributed by atoms with Crippen LogP contribution in [0, 0.1) is 5.82 Å². The predicted octanol–water partition coefficient (Wildman–Crippen LogP) is 2.73. The van der Waals surface area contributed by atoms with Crippen LogP contribution in [-0.2, 0) is 0 Å². The first-order valence-corrected chi connectivity index (χ1v) is 10.3. The number of anilines is 1. The molecule has 2 aromatic heterocycles. The van der Waals surface area contributed by atoms with Crippen LogP contribution < -0.4 is 10.2 Å². The van der Waals surface area contributed by atoms with Gasteiger partial charge in [0.15, 0.2) is 0 Å². The van der Waals surface area contributed by atoms with Crippen molar-refractivity contribution in [2.24, 2.45) is 0 Å². The summed E-state index contributed by atoms with van der Waals surface area (Å²) in [6, 6.07) is 12.9. The van der Waals surface area contributed by atoms with Crippen LogP contribution >= 0.6 is 11.8 Å². The third-order valence-corrected chi connectivity index (χ3v) is 5.60. The first-order valence-electron chi connectivity index (χ1n) is 8.32. The number of rotatable bonds is 4. The quantitative estimate of drug-likeness (QED) is 0.481. The molecule has 1 atom stereocenters. The summed E-state index contributed by atoms with van der Waals surface area (Å²) in [5, 5.41) is 0.795. The van der Waals surface area contributed by atoms with Gasteiger partial charge in [0.25, 0.3) is 0 Å². The molecular weight excluding hydrogens is 436 g/mol. The van der Waals surface area contributed by atoms with Crippen molar-refractivity contribution in [3.63, 3.8) is 0 Å². The van der Waals surface area contributed by atoms with E-state index in [2.05, 4.69) is 19.9 Å². The summed E-state index contributed by atoms with van der Waals surface area (Å²) in [7, 11) is 0. The van der Waals surface area contributed by atoms with Crippen LogP contribution in [0.3, 0.4) is 0 Å². The van der Waals surface area contributed by atoms with E-state index in [1.54, 1.807) is 18.5 Å². The Labute approximate surface area is 174 Å². The maximum absolute atomic E-state index is 14.8. The summed E-state index contributed by atoms with van der Waals surface area (Å²) in [5.41, 5.74) is 8.08. The van der Waals surface area contributed by atoms with Gasteiger partial charge in [-0.15, -0.1) is 0 Å². The van der Waals surface area contributed by atoms with E-state index in [0.29, 0.717) is 17.1 Å². The van der Waals surface area contributed by atoms with Crippen LogP contribution in [0.5, 0.6) is 0 Å². The molecule has 1 unspecified atom stereocenters. The Morgan fingerprint density at radius 1 is 0.857 bits per heavy atom. The van der Waals surface area contributed by atoms with Crippen molar-refractivity contribution in [3.8, 4) is 22.4 Å². The molecule has 0 saturated carbocycles. The second kappa shape index (κ2) is 8.08. The minimum absolute atomic E-state index is 0.298. The van der Waals surface area contributed by atoms with E-state index >= 15 is 0 Å². The maximum Gasteiger partial charge on any atom is 0.0557 e. The van der Waals surface area contributed by atoms with Gasteiger partial charge in [0.2, 0.25) is 0 Å². The van der Waals surface area contributed by atoms with Crippen LogP contribution in [-0.4, -0.2) is 36.8 Å². The van der Waals surface area contributed by atoms with Gasteiger partial charge in [0, 0.05) is 0 Å². The molecule has 28 heavy (non-hydrogen) atoms. The third kappa shape index (κ3) is 4.05. The summed E-state index contributed by atoms with van der Waals surface area (Å²) in [5.74, 6) is -0.0688. The molecule has 8 heteroatoms. The molecule has 138 valence electrons. The number of nitrogens with two attached hydrogens (primary N) is 1. The van der Waals surface area contributed by atoms with E-state index in [0.717, 1.165) is 25.5 Å². The van der Waals surface area contributed by atoms with Gasteiger partial charge < -0.3 is 5.73 Å². The molecule has 0 spiro atoms. The van der Waals surface area contributed by atoms with Gasteiger partial charge >= 0.3 is 140 Å². The van der Waals surface area contributed by atoms with Gasteiger partial charge in [-0.1, -0.05) is 0 Å². The molecule has 2 heterocycles. The van der Waals surface area contributed by atoms with E-state index in [4.69, 9.17) is 5.73 Å². The minimum atomic E-state index is -0.367. The summed E-state index contributed by atoms with van der Waals surface area (Å²) in [6.07, 6.45) is 6.39. The minimum Gasteiger partial charge on any atom is -0.236 e. The Morgan fingerprint density at radius 2 is 1.71 bits per heavy atom. The van der Waals surface area contributed by atoms with Crippen molar-refractivity contribution in [2.45, 2.75) is 9.92 Å². The summed E-state index contributed by atoms with van der Waals surface area (Å²) in [6.45, 7) is 0. The van der Waals surface area contributed by atoms with Gasteiger partial charge in [-0.05, 0) is 0 Å². The Bertz CT molecular complexity index is 1120.